The second-order valence-electron chi connectivity index (χ2n) is 6.54. The number of methoxy groups -OCH3 is 1. The Morgan fingerprint density at radius 1 is 1.33 bits per heavy atom. The van der Waals surface area contributed by atoms with Crippen LogP contribution in [-0.4, -0.2) is 61.1 Å². The Labute approximate surface area is 157 Å². The summed E-state index contributed by atoms with van der Waals surface area (Å²) in [5.41, 5.74) is 2.86. The number of β-amino-alcohol motifs (C(OH)–C–C–N with tert-alkyl or cyclic N) is 1. The number of aryl methyl sites for hydroxylation is 1. The van der Waals surface area contributed by atoms with E-state index in [1.165, 1.54) is 18.9 Å². The first-order valence-corrected chi connectivity index (χ1v) is 8.86. The lowest BCUT2D eigenvalue weighted by Gasteiger charge is -2.29. The molecule has 1 aromatic rings. The summed E-state index contributed by atoms with van der Waals surface area (Å²) in [7, 11) is 1.26. The van der Waals surface area contributed by atoms with Crippen molar-refractivity contribution in [1.29, 1.82) is 0 Å². The van der Waals surface area contributed by atoms with Gasteiger partial charge >= 0.3 is 5.97 Å². The molecule has 1 aromatic carbocycles. The van der Waals surface area contributed by atoms with E-state index in [1.807, 2.05) is 18.2 Å². The maximum atomic E-state index is 12.6. The van der Waals surface area contributed by atoms with Gasteiger partial charge in [0.15, 0.2) is 0 Å². The number of hydrogen-bond donors (Lipinski definition) is 2. The minimum absolute atomic E-state index is 0.0337. The average molecular weight is 373 g/mol. The van der Waals surface area contributed by atoms with E-state index in [1.54, 1.807) is 4.90 Å². The van der Waals surface area contributed by atoms with Crippen molar-refractivity contribution in [2.45, 2.75) is 19.8 Å². The van der Waals surface area contributed by atoms with E-state index in [-0.39, 0.29) is 42.8 Å². The SMILES string of the molecule is COC(=O)C1=C(Nc2ccc3c(c2)N(C(C)=O)CCC3)C(=O)N(CCO)C1. The number of rotatable bonds is 5. The first kappa shape index (κ1) is 18.9. The normalized spacial score (nSPS) is 16.5. The zero-order valence-electron chi connectivity index (χ0n) is 15.4. The van der Waals surface area contributed by atoms with Crippen LogP contribution >= 0.6 is 0 Å². The number of aliphatic hydroxyl groups is 1. The minimum atomic E-state index is -0.588. The van der Waals surface area contributed by atoms with Crippen molar-refractivity contribution >= 4 is 29.2 Å². The van der Waals surface area contributed by atoms with Crippen LogP contribution in [0.4, 0.5) is 11.4 Å². The van der Waals surface area contributed by atoms with Gasteiger partial charge < -0.3 is 25.0 Å². The number of nitrogens with zero attached hydrogens (tertiary/aromatic N) is 2. The molecule has 27 heavy (non-hydrogen) atoms. The molecule has 0 saturated carbocycles. The third kappa shape index (κ3) is 3.66. The monoisotopic (exact) mass is 373 g/mol. The van der Waals surface area contributed by atoms with Crippen molar-refractivity contribution in [2.24, 2.45) is 0 Å². The van der Waals surface area contributed by atoms with Crippen LogP contribution in [0.25, 0.3) is 0 Å². The summed E-state index contributed by atoms with van der Waals surface area (Å²) in [5.74, 6) is -0.992. The third-order valence-electron chi connectivity index (χ3n) is 4.81. The van der Waals surface area contributed by atoms with Crippen LogP contribution in [0.5, 0.6) is 0 Å². The fourth-order valence-corrected chi connectivity index (χ4v) is 3.47. The van der Waals surface area contributed by atoms with Crippen LogP contribution in [-0.2, 0) is 25.5 Å². The van der Waals surface area contributed by atoms with Gasteiger partial charge in [-0.1, -0.05) is 6.07 Å². The molecule has 2 heterocycles. The van der Waals surface area contributed by atoms with Crippen LogP contribution in [0, 0.1) is 0 Å². The van der Waals surface area contributed by atoms with Crippen LogP contribution in [0.1, 0.15) is 18.9 Å². The molecule has 0 saturated heterocycles. The number of carbonyl (C=O) groups is 3. The lowest BCUT2D eigenvalue weighted by molar-refractivity contribution is -0.136. The lowest BCUT2D eigenvalue weighted by Crippen LogP contribution is -2.33. The number of anilines is 2. The molecular formula is C19H23N3O5. The smallest absolute Gasteiger partial charge is 0.337 e. The van der Waals surface area contributed by atoms with Crippen LogP contribution in [0.15, 0.2) is 29.5 Å². The molecule has 3 rings (SSSR count). The van der Waals surface area contributed by atoms with Gasteiger partial charge in [0, 0.05) is 31.4 Å². The van der Waals surface area contributed by atoms with E-state index in [0.717, 1.165) is 24.1 Å². The van der Waals surface area contributed by atoms with E-state index < -0.39 is 5.97 Å². The summed E-state index contributed by atoms with van der Waals surface area (Å²) in [5, 5.41) is 12.2. The summed E-state index contributed by atoms with van der Waals surface area (Å²) >= 11 is 0. The number of esters is 1. The van der Waals surface area contributed by atoms with E-state index in [9.17, 15) is 14.4 Å². The quantitative estimate of drug-likeness (QED) is 0.736. The maximum absolute atomic E-state index is 12.6. The molecule has 2 N–H and O–H groups in total. The van der Waals surface area contributed by atoms with Crippen LogP contribution < -0.4 is 10.2 Å². The largest absolute Gasteiger partial charge is 0.466 e. The second-order valence-corrected chi connectivity index (χ2v) is 6.54. The molecule has 2 aliphatic rings. The standard InChI is InChI=1S/C19H23N3O5/c1-12(24)22-7-3-4-13-5-6-14(10-16(13)22)20-17-15(19(26)27-2)11-21(8-9-23)18(17)25/h5-6,10,20,23H,3-4,7-9,11H2,1-2H3. The molecular weight excluding hydrogens is 350 g/mol. The number of aliphatic hydroxyl groups excluding tert-OH is 1. The first-order chi connectivity index (χ1) is 13.0. The van der Waals surface area contributed by atoms with Crippen molar-refractivity contribution in [1.82, 2.24) is 4.90 Å². The fraction of sp³-hybridized carbons (Fsp3) is 0.421. The number of nitrogens with one attached hydrogen (secondary N) is 1. The number of benzene rings is 1. The zero-order chi connectivity index (χ0) is 19.6. The summed E-state index contributed by atoms with van der Waals surface area (Å²) in [6.07, 6.45) is 1.80. The predicted molar refractivity (Wildman–Crippen MR) is 99.1 cm³/mol. The van der Waals surface area contributed by atoms with E-state index in [0.29, 0.717) is 12.2 Å². The topological polar surface area (TPSA) is 99.2 Å². The fourth-order valence-electron chi connectivity index (χ4n) is 3.47. The van der Waals surface area contributed by atoms with Crippen molar-refractivity contribution in [3.8, 4) is 0 Å². The van der Waals surface area contributed by atoms with Gasteiger partial charge in [0.05, 0.1) is 25.8 Å². The molecule has 0 atom stereocenters. The Morgan fingerprint density at radius 2 is 2.11 bits per heavy atom. The van der Waals surface area contributed by atoms with Crippen molar-refractivity contribution in [3.63, 3.8) is 0 Å². The van der Waals surface area contributed by atoms with Gasteiger partial charge in [-0.15, -0.1) is 0 Å². The summed E-state index contributed by atoms with van der Waals surface area (Å²) in [6.45, 7) is 2.21. The Balaban J connectivity index is 1.93. The molecule has 0 aromatic heterocycles. The van der Waals surface area contributed by atoms with Crippen molar-refractivity contribution in [3.05, 3.63) is 35.0 Å². The molecule has 0 fully saturated rings. The van der Waals surface area contributed by atoms with Gasteiger partial charge in [0.2, 0.25) is 5.91 Å². The second kappa shape index (κ2) is 7.79. The minimum Gasteiger partial charge on any atom is -0.466 e. The van der Waals surface area contributed by atoms with Crippen molar-refractivity contribution < 1.29 is 24.2 Å². The molecule has 144 valence electrons. The maximum Gasteiger partial charge on any atom is 0.337 e. The van der Waals surface area contributed by atoms with Gasteiger partial charge in [0.25, 0.3) is 5.91 Å². The highest BCUT2D eigenvalue weighted by atomic mass is 16.5. The third-order valence-corrected chi connectivity index (χ3v) is 4.81. The van der Waals surface area contributed by atoms with E-state index in [4.69, 9.17) is 9.84 Å². The summed E-state index contributed by atoms with van der Waals surface area (Å²) in [6, 6.07) is 5.57. The van der Waals surface area contributed by atoms with Gasteiger partial charge in [-0.05, 0) is 30.5 Å². The lowest BCUT2D eigenvalue weighted by atomic mass is 10.0. The summed E-state index contributed by atoms with van der Waals surface area (Å²) in [4.78, 5) is 39.7. The highest BCUT2D eigenvalue weighted by Gasteiger charge is 2.34. The van der Waals surface area contributed by atoms with Gasteiger partial charge in [-0.25, -0.2) is 4.79 Å². The Kier molecular flexibility index (Phi) is 5.46. The molecule has 2 aliphatic heterocycles. The van der Waals surface area contributed by atoms with Gasteiger partial charge in [-0.2, -0.15) is 0 Å². The number of fused-ring (bicyclic) bond motifs is 1. The molecule has 0 radical (unpaired) electrons. The number of hydrogen-bond acceptors (Lipinski definition) is 6. The number of ether oxygens (including phenoxy) is 1. The molecule has 0 bridgehead atoms. The number of carbonyl (C=O) groups excluding carboxylic acids is 3. The van der Waals surface area contributed by atoms with Crippen molar-refractivity contribution in [2.75, 3.05) is 43.6 Å². The first-order valence-electron chi connectivity index (χ1n) is 8.86. The van der Waals surface area contributed by atoms with Crippen LogP contribution in [0.2, 0.25) is 0 Å². The van der Waals surface area contributed by atoms with Gasteiger partial charge in [0.1, 0.15) is 5.70 Å². The van der Waals surface area contributed by atoms with Gasteiger partial charge in [-0.3, -0.25) is 9.59 Å². The highest BCUT2D eigenvalue weighted by molar-refractivity contribution is 6.08. The Bertz CT molecular complexity index is 818. The van der Waals surface area contributed by atoms with E-state index in [2.05, 4.69) is 5.32 Å². The zero-order valence-corrected chi connectivity index (χ0v) is 15.4. The summed E-state index contributed by atoms with van der Waals surface area (Å²) < 4.78 is 4.78. The number of amides is 2. The highest BCUT2D eigenvalue weighted by Crippen LogP contribution is 2.31. The predicted octanol–water partition coefficient (Wildman–Crippen LogP) is 0.659. The average Bonchev–Trinajstić information content (AvgIpc) is 2.96. The molecule has 8 heteroatoms. The Hall–Kier alpha value is -2.87. The molecule has 2 amide bonds. The van der Waals surface area contributed by atoms with E-state index >= 15 is 0 Å². The Morgan fingerprint density at radius 3 is 2.78 bits per heavy atom. The molecule has 0 aliphatic carbocycles. The molecule has 8 nitrogen and oxygen atoms in total. The van der Waals surface area contributed by atoms with Crippen LogP contribution in [0.3, 0.4) is 0 Å². The molecule has 0 unspecified atom stereocenters. The molecule has 0 spiro atoms.